The van der Waals surface area contributed by atoms with E-state index in [9.17, 15) is 4.79 Å². The van der Waals surface area contributed by atoms with E-state index in [0.717, 1.165) is 0 Å². The number of hydrogen-bond acceptors (Lipinski definition) is 4. The highest BCUT2D eigenvalue weighted by molar-refractivity contribution is 5.93. The molecule has 1 aromatic rings. The van der Waals surface area contributed by atoms with E-state index in [-0.39, 0.29) is 23.6 Å². The summed E-state index contributed by atoms with van der Waals surface area (Å²) in [5, 5.41) is 18.0. The van der Waals surface area contributed by atoms with Gasteiger partial charge < -0.3 is 20.7 Å². The predicted octanol–water partition coefficient (Wildman–Crippen LogP) is 1.12. The number of benzene rings is 1. The average molecular weight is 225 g/mol. The van der Waals surface area contributed by atoms with Crippen LogP contribution in [0.2, 0.25) is 0 Å². The number of anilines is 1. The number of ether oxygens (including phenoxy) is 1. The summed E-state index contributed by atoms with van der Waals surface area (Å²) >= 11 is 0. The topological polar surface area (TPSA) is 92.8 Å². The van der Waals surface area contributed by atoms with Crippen molar-refractivity contribution in [2.75, 3.05) is 12.3 Å². The van der Waals surface area contributed by atoms with Crippen molar-refractivity contribution in [3.63, 3.8) is 0 Å². The fourth-order valence-electron chi connectivity index (χ4n) is 1.22. The van der Waals surface area contributed by atoms with Crippen molar-refractivity contribution in [3.05, 3.63) is 23.8 Å². The van der Waals surface area contributed by atoms with E-state index in [2.05, 4.69) is 0 Å². The van der Waals surface area contributed by atoms with Crippen LogP contribution in [0, 0.1) is 0 Å². The lowest BCUT2D eigenvalue weighted by Crippen LogP contribution is -2.11. The summed E-state index contributed by atoms with van der Waals surface area (Å²) in [5.41, 5.74) is 5.94. The molecule has 4 N–H and O–H groups in total. The molecule has 0 bridgehead atoms. The first kappa shape index (κ1) is 12.3. The predicted molar refractivity (Wildman–Crippen MR) is 59.6 cm³/mol. The third-order valence-corrected chi connectivity index (χ3v) is 2.06. The number of aliphatic hydroxyl groups is 1. The molecule has 1 aromatic carbocycles. The van der Waals surface area contributed by atoms with Crippen LogP contribution in [0.25, 0.3) is 0 Å². The normalized spacial score (nSPS) is 12.1. The van der Waals surface area contributed by atoms with Crippen molar-refractivity contribution in [1.29, 1.82) is 0 Å². The van der Waals surface area contributed by atoms with Gasteiger partial charge in [-0.3, -0.25) is 0 Å². The summed E-state index contributed by atoms with van der Waals surface area (Å²) in [6, 6.07) is 4.56. The van der Waals surface area contributed by atoms with Crippen molar-refractivity contribution >= 4 is 11.7 Å². The second-order valence-corrected chi connectivity index (χ2v) is 3.52. The molecule has 0 heterocycles. The van der Waals surface area contributed by atoms with Crippen LogP contribution in [0.4, 0.5) is 5.69 Å². The van der Waals surface area contributed by atoms with Gasteiger partial charge in [0.05, 0.1) is 18.4 Å². The first-order valence-corrected chi connectivity index (χ1v) is 4.95. The Morgan fingerprint density at radius 1 is 1.56 bits per heavy atom. The molecular weight excluding hydrogens is 210 g/mol. The number of carboxylic acids is 1. The number of para-hydroxylation sites is 1. The number of hydrogen-bond donors (Lipinski definition) is 3. The van der Waals surface area contributed by atoms with Crippen molar-refractivity contribution in [2.45, 2.75) is 19.4 Å². The van der Waals surface area contributed by atoms with Gasteiger partial charge in [-0.25, -0.2) is 4.79 Å². The number of rotatable bonds is 5. The molecule has 0 radical (unpaired) electrons. The lowest BCUT2D eigenvalue weighted by molar-refractivity contribution is 0.0691. The van der Waals surface area contributed by atoms with E-state index < -0.39 is 12.1 Å². The summed E-state index contributed by atoms with van der Waals surface area (Å²) in [5.74, 6) is -0.921. The van der Waals surface area contributed by atoms with Gasteiger partial charge >= 0.3 is 5.97 Å². The van der Waals surface area contributed by atoms with Crippen LogP contribution >= 0.6 is 0 Å². The zero-order valence-electron chi connectivity index (χ0n) is 9.01. The Morgan fingerprint density at radius 2 is 2.25 bits per heavy atom. The van der Waals surface area contributed by atoms with Crippen molar-refractivity contribution < 1.29 is 19.7 Å². The number of nitrogens with two attached hydrogens (primary N) is 1. The molecule has 0 spiro atoms. The number of nitrogen functional groups attached to an aromatic ring is 1. The van der Waals surface area contributed by atoms with E-state index in [1.807, 2.05) is 0 Å². The van der Waals surface area contributed by atoms with Gasteiger partial charge in [0.2, 0.25) is 0 Å². The standard InChI is InChI=1S/C11H15NO4/c1-7(13)5-6-16-10-8(11(14)15)3-2-4-9(10)12/h2-4,7,13H,5-6,12H2,1H3,(H,14,15). The fraction of sp³-hybridized carbons (Fsp3) is 0.364. The summed E-state index contributed by atoms with van der Waals surface area (Å²) < 4.78 is 5.27. The van der Waals surface area contributed by atoms with Gasteiger partial charge in [0.1, 0.15) is 5.56 Å². The van der Waals surface area contributed by atoms with Crippen molar-refractivity contribution in [2.24, 2.45) is 0 Å². The summed E-state index contributed by atoms with van der Waals surface area (Å²) in [4.78, 5) is 10.9. The number of carboxylic acid groups (broad SMARTS) is 1. The first-order valence-electron chi connectivity index (χ1n) is 4.95. The van der Waals surface area contributed by atoms with Gasteiger partial charge in [-0.15, -0.1) is 0 Å². The molecular formula is C11H15NO4. The van der Waals surface area contributed by atoms with Crippen LogP contribution in [0.3, 0.4) is 0 Å². The first-order chi connectivity index (χ1) is 7.52. The van der Waals surface area contributed by atoms with Crippen LogP contribution in [-0.2, 0) is 0 Å². The van der Waals surface area contributed by atoms with Gasteiger partial charge in [-0.1, -0.05) is 6.07 Å². The van der Waals surface area contributed by atoms with Crippen LogP contribution in [0.15, 0.2) is 18.2 Å². The Hall–Kier alpha value is -1.75. The van der Waals surface area contributed by atoms with Crippen molar-refractivity contribution in [1.82, 2.24) is 0 Å². The highest BCUT2D eigenvalue weighted by Gasteiger charge is 2.13. The summed E-state index contributed by atoms with van der Waals surface area (Å²) in [6.45, 7) is 1.86. The van der Waals surface area contributed by atoms with Gasteiger partial charge in [0.25, 0.3) is 0 Å². The molecule has 1 rings (SSSR count). The molecule has 0 aliphatic rings. The van der Waals surface area contributed by atoms with Gasteiger partial charge in [-0.05, 0) is 19.1 Å². The van der Waals surface area contributed by atoms with Gasteiger partial charge in [0.15, 0.2) is 5.75 Å². The molecule has 1 unspecified atom stereocenters. The molecule has 0 saturated carbocycles. The van der Waals surface area contributed by atoms with E-state index in [1.54, 1.807) is 19.1 Å². The van der Waals surface area contributed by atoms with Gasteiger partial charge in [-0.2, -0.15) is 0 Å². The number of aliphatic hydroxyl groups excluding tert-OH is 1. The maximum absolute atomic E-state index is 10.9. The molecule has 5 nitrogen and oxygen atoms in total. The second-order valence-electron chi connectivity index (χ2n) is 3.52. The Labute approximate surface area is 93.5 Å². The zero-order chi connectivity index (χ0) is 12.1. The van der Waals surface area contributed by atoms with Crippen LogP contribution in [0.1, 0.15) is 23.7 Å². The molecule has 0 aliphatic carbocycles. The monoisotopic (exact) mass is 225 g/mol. The third kappa shape index (κ3) is 3.13. The number of carbonyl (C=O) groups is 1. The average Bonchev–Trinajstić information content (AvgIpc) is 2.19. The van der Waals surface area contributed by atoms with Crippen molar-refractivity contribution in [3.8, 4) is 5.75 Å². The molecule has 16 heavy (non-hydrogen) atoms. The molecule has 0 fully saturated rings. The number of aromatic carboxylic acids is 1. The van der Waals surface area contributed by atoms with E-state index in [0.29, 0.717) is 6.42 Å². The molecule has 0 aromatic heterocycles. The highest BCUT2D eigenvalue weighted by Crippen LogP contribution is 2.26. The molecule has 88 valence electrons. The fourth-order valence-corrected chi connectivity index (χ4v) is 1.22. The Bertz CT molecular complexity index is 376. The maximum atomic E-state index is 10.9. The van der Waals surface area contributed by atoms with E-state index >= 15 is 0 Å². The Morgan fingerprint density at radius 3 is 2.81 bits per heavy atom. The molecule has 1 atom stereocenters. The SMILES string of the molecule is CC(O)CCOc1c(N)cccc1C(=O)O. The molecule has 0 amide bonds. The maximum Gasteiger partial charge on any atom is 0.339 e. The highest BCUT2D eigenvalue weighted by atomic mass is 16.5. The minimum absolute atomic E-state index is 0.0330. The van der Waals surface area contributed by atoms with Crippen LogP contribution in [-0.4, -0.2) is 28.9 Å². The minimum Gasteiger partial charge on any atom is -0.490 e. The molecule has 0 aliphatic heterocycles. The van der Waals surface area contributed by atoms with E-state index in [1.165, 1.54) is 6.07 Å². The quantitative estimate of drug-likeness (QED) is 0.653. The molecule has 5 heteroatoms. The minimum atomic E-state index is -1.08. The molecule has 0 saturated heterocycles. The third-order valence-electron chi connectivity index (χ3n) is 2.06. The Kier molecular flexibility index (Phi) is 4.13. The lowest BCUT2D eigenvalue weighted by atomic mass is 10.1. The second kappa shape index (κ2) is 5.37. The zero-order valence-corrected chi connectivity index (χ0v) is 9.01. The van der Waals surface area contributed by atoms with Crippen LogP contribution in [0.5, 0.6) is 5.75 Å². The largest absolute Gasteiger partial charge is 0.490 e. The lowest BCUT2D eigenvalue weighted by Gasteiger charge is -2.12. The van der Waals surface area contributed by atoms with Gasteiger partial charge in [0, 0.05) is 6.42 Å². The van der Waals surface area contributed by atoms with Crippen LogP contribution < -0.4 is 10.5 Å². The van der Waals surface area contributed by atoms with E-state index in [4.69, 9.17) is 20.7 Å². The smallest absolute Gasteiger partial charge is 0.339 e. The summed E-state index contributed by atoms with van der Waals surface area (Å²) in [6.07, 6.45) is -0.0638. The summed E-state index contributed by atoms with van der Waals surface area (Å²) in [7, 11) is 0. The Balaban J connectivity index is 2.80.